The molecule has 0 radical (unpaired) electrons. The minimum Gasteiger partial charge on any atom is -0.476 e. The summed E-state index contributed by atoms with van der Waals surface area (Å²) < 4.78 is 0. The van der Waals surface area contributed by atoms with E-state index in [1.54, 1.807) is 5.38 Å². The van der Waals surface area contributed by atoms with Crippen molar-refractivity contribution < 1.29 is 9.90 Å². The minimum atomic E-state index is -0.910. The lowest BCUT2D eigenvalue weighted by Gasteiger charge is -2.32. The molecular weight excluding hydrogens is 296 g/mol. The van der Waals surface area contributed by atoms with Gasteiger partial charge in [-0.15, -0.1) is 11.3 Å². The van der Waals surface area contributed by atoms with E-state index in [1.807, 2.05) is 0 Å². The van der Waals surface area contributed by atoms with Gasteiger partial charge in [0.1, 0.15) is 0 Å². The molecule has 1 aromatic heterocycles. The van der Waals surface area contributed by atoms with Crippen LogP contribution in [0.3, 0.4) is 0 Å². The zero-order valence-corrected chi connectivity index (χ0v) is 14.0. The second kappa shape index (κ2) is 7.55. The highest BCUT2D eigenvalue weighted by Gasteiger charge is 2.24. The van der Waals surface area contributed by atoms with Crippen LogP contribution in [0.4, 0.5) is 0 Å². The molecule has 1 aromatic rings. The van der Waals surface area contributed by atoms with Crippen molar-refractivity contribution in [2.45, 2.75) is 57.3 Å². The Hall–Kier alpha value is -0.940. The molecule has 0 spiro atoms. The molecule has 2 aliphatic rings. The van der Waals surface area contributed by atoms with Crippen molar-refractivity contribution in [3.63, 3.8) is 0 Å². The van der Waals surface area contributed by atoms with Gasteiger partial charge in [-0.25, -0.2) is 9.78 Å². The largest absolute Gasteiger partial charge is 0.476 e. The lowest BCUT2D eigenvalue weighted by molar-refractivity contribution is 0.0691. The van der Waals surface area contributed by atoms with Crippen LogP contribution >= 0.6 is 11.3 Å². The van der Waals surface area contributed by atoms with Gasteiger partial charge in [0.05, 0.1) is 5.01 Å². The van der Waals surface area contributed by atoms with Gasteiger partial charge in [0.15, 0.2) is 5.69 Å². The number of hydrogen-bond donors (Lipinski definition) is 1. The molecule has 0 atom stereocenters. The van der Waals surface area contributed by atoms with Crippen molar-refractivity contribution >= 4 is 17.3 Å². The first-order valence-electron chi connectivity index (χ1n) is 8.63. The van der Waals surface area contributed by atoms with E-state index < -0.39 is 5.97 Å². The lowest BCUT2D eigenvalue weighted by Crippen LogP contribution is -2.34. The molecular formula is C17H26N2O2S. The van der Waals surface area contributed by atoms with E-state index in [1.165, 1.54) is 56.4 Å². The zero-order valence-electron chi connectivity index (χ0n) is 13.2. The van der Waals surface area contributed by atoms with Gasteiger partial charge in [-0.2, -0.15) is 0 Å². The molecule has 0 unspecified atom stereocenters. The van der Waals surface area contributed by atoms with Crippen LogP contribution in [0.1, 0.15) is 72.8 Å². The first-order chi connectivity index (χ1) is 10.7. The number of piperidine rings is 1. The molecule has 2 fully saturated rings. The number of carboxylic acids is 1. The average molecular weight is 322 g/mol. The summed E-state index contributed by atoms with van der Waals surface area (Å²) in [4.78, 5) is 17.8. The second-order valence-electron chi connectivity index (χ2n) is 6.78. The lowest BCUT2D eigenvalue weighted by atomic mass is 9.86. The number of rotatable bonds is 5. The number of nitrogens with zero attached hydrogens (tertiary/aromatic N) is 2. The number of thiazole rings is 1. The predicted molar refractivity (Wildman–Crippen MR) is 88.7 cm³/mol. The molecule has 0 amide bonds. The first kappa shape index (κ1) is 15.9. The Balaban J connectivity index is 1.42. The maximum Gasteiger partial charge on any atom is 0.355 e. The summed E-state index contributed by atoms with van der Waals surface area (Å²) in [6, 6.07) is 0. The quantitative estimate of drug-likeness (QED) is 0.890. The van der Waals surface area contributed by atoms with Gasteiger partial charge in [-0.1, -0.05) is 32.1 Å². The molecule has 1 aliphatic heterocycles. The second-order valence-corrected chi connectivity index (χ2v) is 7.67. The molecule has 0 bridgehead atoms. The van der Waals surface area contributed by atoms with Crippen molar-refractivity contribution in [1.82, 2.24) is 9.88 Å². The fourth-order valence-electron chi connectivity index (χ4n) is 3.82. The molecule has 122 valence electrons. The SMILES string of the molecule is O=C(O)c1csc(C2CCN(CCC3CCCCC3)CC2)n1. The summed E-state index contributed by atoms with van der Waals surface area (Å²) in [5.41, 5.74) is 0.208. The van der Waals surface area contributed by atoms with Crippen molar-refractivity contribution in [1.29, 1.82) is 0 Å². The van der Waals surface area contributed by atoms with Crippen LogP contribution in [0.15, 0.2) is 5.38 Å². The molecule has 1 N–H and O–H groups in total. The van der Waals surface area contributed by atoms with Gasteiger partial charge in [-0.05, 0) is 44.8 Å². The summed E-state index contributed by atoms with van der Waals surface area (Å²) in [5, 5.41) is 11.7. The van der Waals surface area contributed by atoms with Crippen LogP contribution in [0.25, 0.3) is 0 Å². The van der Waals surface area contributed by atoms with Crippen LogP contribution in [0.2, 0.25) is 0 Å². The summed E-state index contributed by atoms with van der Waals surface area (Å²) in [5.74, 6) is 0.514. The smallest absolute Gasteiger partial charge is 0.355 e. The topological polar surface area (TPSA) is 53.4 Å². The standard InChI is InChI=1S/C17H26N2O2S/c20-17(21)15-12-22-16(18-15)14-7-10-19(11-8-14)9-6-13-4-2-1-3-5-13/h12-14H,1-11H2,(H,20,21). The third-order valence-electron chi connectivity index (χ3n) is 5.26. The normalized spacial score (nSPS) is 22.0. The Morgan fingerprint density at radius 1 is 1.23 bits per heavy atom. The molecule has 22 heavy (non-hydrogen) atoms. The van der Waals surface area contributed by atoms with Crippen molar-refractivity contribution in [3.05, 3.63) is 16.1 Å². The van der Waals surface area contributed by atoms with Crippen LogP contribution in [0.5, 0.6) is 0 Å². The Labute approximate surface area is 136 Å². The van der Waals surface area contributed by atoms with Crippen molar-refractivity contribution in [2.75, 3.05) is 19.6 Å². The predicted octanol–water partition coefficient (Wildman–Crippen LogP) is 3.99. The van der Waals surface area contributed by atoms with Crippen molar-refractivity contribution in [2.24, 2.45) is 5.92 Å². The van der Waals surface area contributed by atoms with E-state index >= 15 is 0 Å². The molecule has 0 aromatic carbocycles. The van der Waals surface area contributed by atoms with Gasteiger partial charge in [-0.3, -0.25) is 0 Å². The molecule has 5 heteroatoms. The number of carbonyl (C=O) groups is 1. The minimum absolute atomic E-state index is 0.208. The highest BCUT2D eigenvalue weighted by atomic mass is 32.1. The Morgan fingerprint density at radius 2 is 1.95 bits per heavy atom. The van der Waals surface area contributed by atoms with Crippen LogP contribution in [-0.2, 0) is 0 Å². The maximum absolute atomic E-state index is 10.9. The van der Waals surface area contributed by atoms with E-state index in [-0.39, 0.29) is 5.69 Å². The number of likely N-dealkylation sites (tertiary alicyclic amines) is 1. The highest BCUT2D eigenvalue weighted by Crippen LogP contribution is 2.31. The summed E-state index contributed by atoms with van der Waals surface area (Å²) in [6.45, 7) is 3.52. The summed E-state index contributed by atoms with van der Waals surface area (Å²) >= 11 is 1.51. The Kier molecular flexibility index (Phi) is 5.47. The van der Waals surface area contributed by atoms with Crippen LogP contribution < -0.4 is 0 Å². The first-order valence-corrected chi connectivity index (χ1v) is 9.51. The zero-order chi connectivity index (χ0) is 15.4. The average Bonchev–Trinajstić information content (AvgIpc) is 3.05. The molecule has 1 saturated heterocycles. The molecule has 1 saturated carbocycles. The third-order valence-corrected chi connectivity index (χ3v) is 6.26. The van der Waals surface area contributed by atoms with E-state index in [2.05, 4.69) is 9.88 Å². The van der Waals surface area contributed by atoms with E-state index in [0.29, 0.717) is 5.92 Å². The number of aromatic carboxylic acids is 1. The molecule has 1 aliphatic carbocycles. The van der Waals surface area contributed by atoms with Crippen molar-refractivity contribution in [3.8, 4) is 0 Å². The Bertz CT molecular complexity index is 489. The Morgan fingerprint density at radius 3 is 2.59 bits per heavy atom. The monoisotopic (exact) mass is 322 g/mol. The van der Waals surface area contributed by atoms with Crippen LogP contribution in [-0.4, -0.2) is 40.6 Å². The fourth-order valence-corrected chi connectivity index (χ4v) is 4.78. The van der Waals surface area contributed by atoms with Gasteiger partial charge in [0.2, 0.25) is 0 Å². The fraction of sp³-hybridized carbons (Fsp3) is 0.765. The maximum atomic E-state index is 10.9. The van der Waals surface area contributed by atoms with E-state index in [9.17, 15) is 4.79 Å². The molecule has 4 nitrogen and oxygen atoms in total. The highest BCUT2D eigenvalue weighted by molar-refractivity contribution is 7.09. The van der Waals surface area contributed by atoms with Gasteiger partial charge in [0.25, 0.3) is 0 Å². The van der Waals surface area contributed by atoms with Crippen LogP contribution in [0, 0.1) is 5.92 Å². The van der Waals surface area contributed by atoms with E-state index in [0.717, 1.165) is 36.9 Å². The van der Waals surface area contributed by atoms with Gasteiger partial charge >= 0.3 is 5.97 Å². The number of hydrogen-bond acceptors (Lipinski definition) is 4. The van der Waals surface area contributed by atoms with E-state index in [4.69, 9.17) is 5.11 Å². The number of aromatic nitrogens is 1. The summed E-state index contributed by atoms with van der Waals surface area (Å²) in [7, 11) is 0. The molecule has 2 heterocycles. The third kappa shape index (κ3) is 4.07. The number of carboxylic acid groups (broad SMARTS) is 1. The summed E-state index contributed by atoms with van der Waals surface area (Å²) in [6.07, 6.45) is 10.8. The molecule has 3 rings (SSSR count). The van der Waals surface area contributed by atoms with Gasteiger partial charge in [0, 0.05) is 11.3 Å². The van der Waals surface area contributed by atoms with Gasteiger partial charge < -0.3 is 10.0 Å².